The SMILES string of the molecule is CCN1C(=O)S/C(=C/c2ccc(OCC(=O)Nc3cccc(C)c3)cc2)C1=O. The van der Waals surface area contributed by atoms with Gasteiger partial charge in [-0.05, 0) is 67.1 Å². The Hall–Kier alpha value is -3.06. The molecule has 6 nitrogen and oxygen atoms in total. The first-order chi connectivity index (χ1) is 13.5. The zero-order valence-corrected chi connectivity index (χ0v) is 16.4. The molecule has 1 fully saturated rings. The molecule has 1 heterocycles. The van der Waals surface area contributed by atoms with E-state index in [1.807, 2.05) is 31.2 Å². The number of carbonyl (C=O) groups excluding carboxylic acids is 3. The molecule has 0 bridgehead atoms. The first-order valence-electron chi connectivity index (χ1n) is 8.81. The first kappa shape index (κ1) is 19.7. The van der Waals surface area contributed by atoms with Crippen molar-refractivity contribution in [2.75, 3.05) is 18.5 Å². The van der Waals surface area contributed by atoms with E-state index in [2.05, 4.69) is 5.32 Å². The highest BCUT2D eigenvalue weighted by molar-refractivity contribution is 8.18. The fraction of sp³-hybridized carbons (Fsp3) is 0.190. The average molecular weight is 396 g/mol. The lowest BCUT2D eigenvalue weighted by Crippen LogP contribution is -2.27. The number of nitrogens with zero attached hydrogens (tertiary/aromatic N) is 1. The van der Waals surface area contributed by atoms with Gasteiger partial charge < -0.3 is 10.1 Å². The third kappa shape index (κ3) is 4.80. The van der Waals surface area contributed by atoms with Crippen LogP contribution in [-0.4, -0.2) is 35.1 Å². The molecular weight excluding hydrogens is 376 g/mol. The van der Waals surface area contributed by atoms with E-state index in [0.717, 1.165) is 28.6 Å². The van der Waals surface area contributed by atoms with Gasteiger partial charge in [0.1, 0.15) is 5.75 Å². The lowest BCUT2D eigenvalue weighted by Gasteiger charge is -2.08. The maximum atomic E-state index is 12.1. The van der Waals surface area contributed by atoms with Crippen molar-refractivity contribution in [3.8, 4) is 5.75 Å². The van der Waals surface area contributed by atoms with Gasteiger partial charge in [-0.1, -0.05) is 24.3 Å². The van der Waals surface area contributed by atoms with Crippen molar-refractivity contribution >= 4 is 40.6 Å². The summed E-state index contributed by atoms with van der Waals surface area (Å²) >= 11 is 0.936. The maximum Gasteiger partial charge on any atom is 0.293 e. The summed E-state index contributed by atoms with van der Waals surface area (Å²) in [6.07, 6.45) is 1.68. The van der Waals surface area contributed by atoms with Crippen LogP contribution in [0.15, 0.2) is 53.4 Å². The molecule has 28 heavy (non-hydrogen) atoms. The molecule has 1 aliphatic rings. The van der Waals surface area contributed by atoms with E-state index >= 15 is 0 Å². The Balaban J connectivity index is 1.56. The molecule has 0 radical (unpaired) electrons. The monoisotopic (exact) mass is 396 g/mol. The van der Waals surface area contributed by atoms with E-state index in [1.165, 1.54) is 4.90 Å². The van der Waals surface area contributed by atoms with Crippen molar-refractivity contribution in [1.29, 1.82) is 0 Å². The summed E-state index contributed by atoms with van der Waals surface area (Å²) in [7, 11) is 0. The highest BCUT2D eigenvalue weighted by Gasteiger charge is 2.33. The number of anilines is 1. The second kappa shape index (κ2) is 8.75. The number of hydrogen-bond donors (Lipinski definition) is 1. The Morgan fingerprint density at radius 2 is 1.93 bits per heavy atom. The predicted octanol–water partition coefficient (Wildman–Crippen LogP) is 4.07. The van der Waals surface area contributed by atoms with Crippen molar-refractivity contribution in [3.63, 3.8) is 0 Å². The minimum Gasteiger partial charge on any atom is -0.484 e. The van der Waals surface area contributed by atoms with E-state index in [9.17, 15) is 14.4 Å². The average Bonchev–Trinajstić information content (AvgIpc) is 2.94. The normalized spacial score (nSPS) is 15.2. The van der Waals surface area contributed by atoms with Crippen LogP contribution < -0.4 is 10.1 Å². The van der Waals surface area contributed by atoms with Gasteiger partial charge in [-0.25, -0.2) is 0 Å². The second-order valence-corrected chi connectivity index (χ2v) is 7.19. The van der Waals surface area contributed by atoms with Gasteiger partial charge in [-0.3, -0.25) is 19.3 Å². The summed E-state index contributed by atoms with van der Waals surface area (Å²) in [5.74, 6) is 0.0202. The largest absolute Gasteiger partial charge is 0.484 e. The minimum absolute atomic E-state index is 0.108. The lowest BCUT2D eigenvalue weighted by atomic mass is 10.2. The number of ether oxygens (including phenoxy) is 1. The molecule has 0 spiro atoms. The molecule has 144 valence electrons. The zero-order valence-electron chi connectivity index (χ0n) is 15.6. The van der Waals surface area contributed by atoms with E-state index in [4.69, 9.17) is 4.74 Å². The van der Waals surface area contributed by atoms with Crippen LogP contribution in [-0.2, 0) is 9.59 Å². The fourth-order valence-corrected chi connectivity index (χ4v) is 3.56. The fourth-order valence-electron chi connectivity index (χ4n) is 2.65. The number of amides is 3. The molecule has 7 heteroatoms. The summed E-state index contributed by atoms with van der Waals surface area (Å²) in [5.41, 5.74) is 2.56. The van der Waals surface area contributed by atoms with Crippen molar-refractivity contribution in [1.82, 2.24) is 4.90 Å². The van der Waals surface area contributed by atoms with Crippen LogP contribution >= 0.6 is 11.8 Å². The number of likely N-dealkylation sites (N-methyl/N-ethyl adjacent to an activating group) is 1. The molecule has 1 N–H and O–H groups in total. The predicted molar refractivity (Wildman–Crippen MR) is 110 cm³/mol. The van der Waals surface area contributed by atoms with Crippen molar-refractivity contribution in [3.05, 3.63) is 64.6 Å². The number of nitrogens with one attached hydrogen (secondary N) is 1. The van der Waals surface area contributed by atoms with Gasteiger partial charge in [0.25, 0.3) is 17.1 Å². The van der Waals surface area contributed by atoms with Crippen LogP contribution in [0, 0.1) is 6.92 Å². The van der Waals surface area contributed by atoms with Gasteiger partial charge in [0.05, 0.1) is 4.91 Å². The third-order valence-electron chi connectivity index (χ3n) is 4.04. The van der Waals surface area contributed by atoms with Crippen LogP contribution in [0.25, 0.3) is 6.08 Å². The Morgan fingerprint density at radius 3 is 2.57 bits per heavy atom. The van der Waals surface area contributed by atoms with Gasteiger partial charge in [-0.15, -0.1) is 0 Å². The van der Waals surface area contributed by atoms with Crippen LogP contribution in [0.3, 0.4) is 0 Å². The van der Waals surface area contributed by atoms with Gasteiger partial charge in [0, 0.05) is 12.2 Å². The molecule has 2 aromatic rings. The second-order valence-electron chi connectivity index (χ2n) is 6.20. The van der Waals surface area contributed by atoms with Crippen molar-refractivity contribution < 1.29 is 19.1 Å². The van der Waals surface area contributed by atoms with E-state index < -0.39 is 0 Å². The van der Waals surface area contributed by atoms with Gasteiger partial charge in [0.15, 0.2) is 6.61 Å². The number of imide groups is 1. The third-order valence-corrected chi connectivity index (χ3v) is 4.95. The number of rotatable bonds is 6. The quantitative estimate of drug-likeness (QED) is 0.745. The minimum atomic E-state index is -0.273. The summed E-state index contributed by atoms with van der Waals surface area (Å²) in [6.45, 7) is 3.97. The summed E-state index contributed by atoms with van der Waals surface area (Å²) < 4.78 is 5.50. The Morgan fingerprint density at radius 1 is 1.18 bits per heavy atom. The zero-order chi connectivity index (χ0) is 20.1. The molecule has 1 saturated heterocycles. The molecule has 0 aromatic heterocycles. The summed E-state index contributed by atoms with van der Waals surface area (Å²) in [5, 5.41) is 2.53. The van der Waals surface area contributed by atoms with Crippen molar-refractivity contribution in [2.45, 2.75) is 13.8 Å². The first-order valence-corrected chi connectivity index (χ1v) is 9.62. The van der Waals surface area contributed by atoms with Gasteiger partial charge in [-0.2, -0.15) is 0 Å². The number of hydrogen-bond acceptors (Lipinski definition) is 5. The molecule has 1 aliphatic heterocycles. The van der Waals surface area contributed by atoms with Gasteiger partial charge in [0.2, 0.25) is 0 Å². The Kier molecular flexibility index (Phi) is 6.16. The van der Waals surface area contributed by atoms with Crippen LogP contribution in [0.1, 0.15) is 18.1 Å². The van der Waals surface area contributed by atoms with E-state index in [1.54, 1.807) is 37.3 Å². The standard InChI is InChI=1S/C21H20N2O4S/c1-3-23-20(25)18(28-21(23)26)12-15-7-9-17(10-8-15)27-13-19(24)22-16-6-4-5-14(2)11-16/h4-12H,3,13H2,1-2H3,(H,22,24)/b18-12+. The lowest BCUT2D eigenvalue weighted by molar-refractivity contribution is -0.122. The molecule has 0 atom stereocenters. The molecule has 0 saturated carbocycles. The molecular formula is C21H20N2O4S. The Labute approximate surface area is 167 Å². The van der Waals surface area contributed by atoms with Crippen LogP contribution in [0.4, 0.5) is 10.5 Å². The van der Waals surface area contributed by atoms with Gasteiger partial charge >= 0.3 is 0 Å². The highest BCUT2D eigenvalue weighted by atomic mass is 32.2. The van der Waals surface area contributed by atoms with E-state index in [0.29, 0.717) is 17.2 Å². The summed E-state index contributed by atoms with van der Waals surface area (Å²) in [4.78, 5) is 37.5. The topological polar surface area (TPSA) is 75.7 Å². The van der Waals surface area contributed by atoms with Crippen LogP contribution in [0.5, 0.6) is 5.75 Å². The highest BCUT2D eigenvalue weighted by Crippen LogP contribution is 2.32. The maximum absolute atomic E-state index is 12.1. The summed E-state index contributed by atoms with van der Waals surface area (Å²) in [6, 6.07) is 14.5. The number of aryl methyl sites for hydroxylation is 1. The molecule has 0 aliphatic carbocycles. The number of carbonyl (C=O) groups is 3. The Bertz CT molecular complexity index is 938. The molecule has 3 amide bonds. The number of benzene rings is 2. The smallest absolute Gasteiger partial charge is 0.293 e. The number of thioether (sulfide) groups is 1. The van der Waals surface area contributed by atoms with E-state index in [-0.39, 0.29) is 23.7 Å². The van der Waals surface area contributed by atoms with Crippen LogP contribution in [0.2, 0.25) is 0 Å². The molecule has 3 rings (SSSR count). The molecule has 0 unspecified atom stereocenters. The molecule has 2 aromatic carbocycles. The van der Waals surface area contributed by atoms with Crippen molar-refractivity contribution in [2.24, 2.45) is 0 Å².